The van der Waals surface area contributed by atoms with Crippen molar-refractivity contribution in [1.82, 2.24) is 5.32 Å². The Morgan fingerprint density at radius 3 is 2.56 bits per heavy atom. The van der Waals surface area contributed by atoms with Crippen molar-refractivity contribution in [2.75, 3.05) is 20.7 Å². The van der Waals surface area contributed by atoms with E-state index in [4.69, 9.17) is 10.5 Å². The quantitative estimate of drug-likeness (QED) is 0.807. The first-order chi connectivity index (χ1) is 7.63. The van der Waals surface area contributed by atoms with Crippen LogP contribution in [0.5, 0.6) is 5.75 Å². The molecule has 1 aromatic rings. The Morgan fingerprint density at radius 2 is 2.06 bits per heavy atom. The maximum absolute atomic E-state index is 13.7. The summed E-state index contributed by atoms with van der Waals surface area (Å²) in [6.07, 6.45) is 0.541. The standard InChI is InChI=1S/C11H16F2N2O/c1-15-10(3-4-14)7-5-9(13)11(16-2)6-8(7)12/h5-6,10,15H,3-4,14H2,1-2H3. The molecule has 0 bridgehead atoms. The Kier molecular flexibility index (Phi) is 4.64. The van der Waals surface area contributed by atoms with E-state index in [9.17, 15) is 8.78 Å². The number of methoxy groups -OCH3 is 1. The van der Waals surface area contributed by atoms with E-state index in [0.29, 0.717) is 13.0 Å². The van der Waals surface area contributed by atoms with Gasteiger partial charge in [-0.15, -0.1) is 0 Å². The fourth-order valence-corrected chi connectivity index (χ4v) is 1.59. The van der Waals surface area contributed by atoms with Gasteiger partial charge in [0.15, 0.2) is 11.6 Å². The predicted molar refractivity (Wildman–Crippen MR) is 58.4 cm³/mol. The van der Waals surface area contributed by atoms with Gasteiger partial charge < -0.3 is 15.8 Å². The third-order valence-electron chi connectivity index (χ3n) is 2.45. The molecule has 1 aromatic carbocycles. The molecule has 1 unspecified atom stereocenters. The van der Waals surface area contributed by atoms with Crippen LogP contribution in [0.25, 0.3) is 0 Å². The van der Waals surface area contributed by atoms with E-state index in [1.807, 2.05) is 0 Å². The van der Waals surface area contributed by atoms with Crippen LogP contribution in [-0.2, 0) is 0 Å². The lowest BCUT2D eigenvalue weighted by atomic mass is 10.0. The van der Waals surface area contributed by atoms with Crippen molar-refractivity contribution in [3.8, 4) is 5.75 Å². The molecule has 5 heteroatoms. The molecule has 0 aromatic heterocycles. The Labute approximate surface area is 93.6 Å². The Hall–Kier alpha value is -1.20. The first-order valence-electron chi connectivity index (χ1n) is 5.04. The highest BCUT2D eigenvalue weighted by molar-refractivity contribution is 5.32. The summed E-state index contributed by atoms with van der Waals surface area (Å²) in [5, 5.41) is 2.90. The number of halogens is 2. The van der Waals surface area contributed by atoms with Gasteiger partial charge in [-0.05, 0) is 26.1 Å². The lowest BCUT2D eigenvalue weighted by Gasteiger charge is -2.17. The fourth-order valence-electron chi connectivity index (χ4n) is 1.59. The smallest absolute Gasteiger partial charge is 0.165 e. The van der Waals surface area contributed by atoms with Gasteiger partial charge in [0.25, 0.3) is 0 Å². The third kappa shape index (κ3) is 2.68. The van der Waals surface area contributed by atoms with Crippen LogP contribution >= 0.6 is 0 Å². The minimum Gasteiger partial charge on any atom is -0.494 e. The van der Waals surface area contributed by atoms with Crippen molar-refractivity contribution in [1.29, 1.82) is 0 Å². The van der Waals surface area contributed by atoms with Crippen molar-refractivity contribution < 1.29 is 13.5 Å². The molecule has 0 aliphatic heterocycles. The zero-order valence-corrected chi connectivity index (χ0v) is 9.39. The van der Waals surface area contributed by atoms with Crippen molar-refractivity contribution >= 4 is 0 Å². The molecule has 0 saturated heterocycles. The second-order valence-corrected chi connectivity index (χ2v) is 3.43. The van der Waals surface area contributed by atoms with Crippen molar-refractivity contribution in [2.24, 2.45) is 5.73 Å². The molecule has 0 spiro atoms. The average molecular weight is 230 g/mol. The highest BCUT2D eigenvalue weighted by Gasteiger charge is 2.17. The molecule has 3 N–H and O–H groups in total. The van der Waals surface area contributed by atoms with Gasteiger partial charge in [-0.25, -0.2) is 8.78 Å². The SMILES string of the molecule is CNC(CCN)c1cc(F)c(OC)cc1F. The molecule has 1 atom stereocenters. The zero-order chi connectivity index (χ0) is 12.1. The second kappa shape index (κ2) is 5.77. The number of hydrogen-bond donors (Lipinski definition) is 2. The highest BCUT2D eigenvalue weighted by Crippen LogP contribution is 2.26. The van der Waals surface area contributed by atoms with E-state index >= 15 is 0 Å². The first-order valence-corrected chi connectivity index (χ1v) is 5.04. The molecule has 0 aliphatic carbocycles. The van der Waals surface area contributed by atoms with E-state index in [1.165, 1.54) is 7.11 Å². The largest absolute Gasteiger partial charge is 0.494 e. The summed E-state index contributed by atoms with van der Waals surface area (Å²) >= 11 is 0. The molecule has 1 rings (SSSR count). The van der Waals surface area contributed by atoms with Gasteiger partial charge in [-0.2, -0.15) is 0 Å². The summed E-state index contributed by atoms with van der Waals surface area (Å²) in [5.74, 6) is -1.16. The Bertz CT molecular complexity index is 358. The molecule has 0 saturated carbocycles. The third-order valence-corrected chi connectivity index (χ3v) is 2.45. The van der Waals surface area contributed by atoms with Gasteiger partial charge in [0.2, 0.25) is 0 Å². The first kappa shape index (κ1) is 12.9. The highest BCUT2D eigenvalue weighted by atomic mass is 19.1. The normalized spacial score (nSPS) is 12.6. The minimum absolute atomic E-state index is 0.0937. The summed E-state index contributed by atoms with van der Waals surface area (Å²) in [6, 6.07) is 1.90. The van der Waals surface area contributed by atoms with Gasteiger partial charge in [0, 0.05) is 17.7 Å². The minimum atomic E-state index is -0.573. The van der Waals surface area contributed by atoms with Crippen LogP contribution < -0.4 is 15.8 Å². The molecule has 90 valence electrons. The van der Waals surface area contributed by atoms with Crippen LogP contribution in [0.15, 0.2) is 12.1 Å². The summed E-state index contributed by atoms with van der Waals surface area (Å²) in [5.41, 5.74) is 5.68. The fraction of sp³-hybridized carbons (Fsp3) is 0.455. The van der Waals surface area contributed by atoms with Crippen molar-refractivity contribution in [2.45, 2.75) is 12.5 Å². The van der Waals surface area contributed by atoms with Gasteiger partial charge >= 0.3 is 0 Å². The van der Waals surface area contributed by atoms with Gasteiger partial charge in [-0.3, -0.25) is 0 Å². The van der Waals surface area contributed by atoms with Crippen LogP contribution in [0.4, 0.5) is 8.78 Å². The van der Waals surface area contributed by atoms with E-state index in [1.54, 1.807) is 7.05 Å². The molecule has 0 heterocycles. The number of nitrogens with one attached hydrogen (secondary N) is 1. The van der Waals surface area contributed by atoms with Crippen molar-refractivity contribution in [3.05, 3.63) is 29.3 Å². The summed E-state index contributed by atoms with van der Waals surface area (Å²) in [6.45, 7) is 0.401. The molecular weight excluding hydrogens is 214 g/mol. The summed E-state index contributed by atoms with van der Waals surface area (Å²) < 4.78 is 31.8. The van der Waals surface area contributed by atoms with Crippen LogP contribution in [-0.4, -0.2) is 20.7 Å². The van der Waals surface area contributed by atoms with Crippen LogP contribution in [0.3, 0.4) is 0 Å². The van der Waals surface area contributed by atoms with E-state index in [0.717, 1.165) is 12.1 Å². The predicted octanol–water partition coefficient (Wildman–Crippen LogP) is 1.58. The maximum atomic E-state index is 13.7. The molecule has 3 nitrogen and oxygen atoms in total. The summed E-state index contributed by atoms with van der Waals surface area (Å²) in [4.78, 5) is 0. The molecule has 0 radical (unpaired) electrons. The molecule has 0 fully saturated rings. The van der Waals surface area contributed by atoms with Crippen LogP contribution in [0.2, 0.25) is 0 Å². The van der Waals surface area contributed by atoms with E-state index in [2.05, 4.69) is 5.32 Å². The number of benzene rings is 1. The number of hydrogen-bond acceptors (Lipinski definition) is 3. The van der Waals surface area contributed by atoms with Gasteiger partial charge in [0.05, 0.1) is 7.11 Å². The molecule has 0 amide bonds. The lowest BCUT2D eigenvalue weighted by molar-refractivity contribution is 0.380. The topological polar surface area (TPSA) is 47.3 Å². The lowest BCUT2D eigenvalue weighted by Crippen LogP contribution is -2.21. The maximum Gasteiger partial charge on any atom is 0.165 e. The Morgan fingerprint density at radius 1 is 1.38 bits per heavy atom. The van der Waals surface area contributed by atoms with E-state index in [-0.39, 0.29) is 17.4 Å². The molecule has 0 aliphatic rings. The van der Waals surface area contributed by atoms with Gasteiger partial charge in [-0.1, -0.05) is 0 Å². The van der Waals surface area contributed by atoms with Crippen LogP contribution in [0.1, 0.15) is 18.0 Å². The second-order valence-electron chi connectivity index (χ2n) is 3.43. The number of rotatable bonds is 5. The average Bonchev–Trinajstić information content (AvgIpc) is 2.28. The zero-order valence-electron chi connectivity index (χ0n) is 9.39. The van der Waals surface area contributed by atoms with E-state index < -0.39 is 11.6 Å². The monoisotopic (exact) mass is 230 g/mol. The molecular formula is C11H16F2N2O. The molecule has 16 heavy (non-hydrogen) atoms. The van der Waals surface area contributed by atoms with Crippen molar-refractivity contribution in [3.63, 3.8) is 0 Å². The number of nitrogens with two attached hydrogens (primary N) is 1. The number of ether oxygens (including phenoxy) is 1. The van der Waals surface area contributed by atoms with Crippen LogP contribution in [0, 0.1) is 11.6 Å². The van der Waals surface area contributed by atoms with Gasteiger partial charge in [0.1, 0.15) is 5.82 Å². The Balaban J connectivity index is 3.08. The summed E-state index contributed by atoms with van der Waals surface area (Å²) in [7, 11) is 2.98.